The zero-order valence-corrected chi connectivity index (χ0v) is 50.4. The molecule has 1 N–H and O–H groups in total. The van der Waals surface area contributed by atoms with Crippen LogP contribution in [0.3, 0.4) is 0 Å². The Morgan fingerprint density at radius 1 is 0.655 bits per heavy atom. The maximum absolute atomic E-state index is 13.8. The van der Waals surface area contributed by atoms with Crippen LogP contribution in [0.5, 0.6) is 11.8 Å². The van der Waals surface area contributed by atoms with Crippen molar-refractivity contribution in [2.75, 3.05) is 29.6 Å². The topological polar surface area (TPSA) is 204 Å². The van der Waals surface area contributed by atoms with Gasteiger partial charge in [-0.2, -0.15) is 53.3 Å². The molecule has 2 amide bonds. The number of carbonyl (C=O) groups is 2. The molecule has 84 heavy (non-hydrogen) atoms. The second kappa shape index (κ2) is 23.1. The zero-order valence-electron chi connectivity index (χ0n) is 46.8. The summed E-state index contributed by atoms with van der Waals surface area (Å²) in [6.07, 6.45) is -4.49. The molecular formula is C56H66F6N10O8S4. The van der Waals surface area contributed by atoms with E-state index in [9.17, 15) is 52.8 Å². The first-order valence-electron chi connectivity index (χ1n) is 26.8. The number of pyridine rings is 2. The molecule has 18 nitrogen and oxygen atoms in total. The molecule has 1 unspecified atom stereocenters. The number of hydrogen-bond donors (Lipinski definition) is 1. The van der Waals surface area contributed by atoms with Gasteiger partial charge in [-0.25, -0.2) is 45.2 Å². The third kappa shape index (κ3) is 12.3. The molecule has 0 spiro atoms. The average molecular weight is 1250 g/mol. The average Bonchev–Trinajstić information content (AvgIpc) is 1.45. The van der Waals surface area contributed by atoms with Gasteiger partial charge in [0.15, 0.2) is 11.6 Å². The number of nitrogens with zero attached hydrogens (tertiary/aromatic N) is 9. The number of halogens is 6. The monoisotopic (exact) mass is 1250 g/mol. The van der Waals surface area contributed by atoms with Crippen LogP contribution in [0.4, 0.5) is 38.0 Å². The lowest BCUT2D eigenvalue weighted by atomic mass is 9.97. The Morgan fingerprint density at radius 2 is 1.14 bits per heavy atom. The van der Waals surface area contributed by atoms with Crippen LogP contribution in [-0.2, 0) is 20.0 Å². The van der Waals surface area contributed by atoms with E-state index >= 15 is 0 Å². The Morgan fingerprint density at radius 3 is 1.62 bits per heavy atom. The molecule has 0 radical (unpaired) electrons. The normalized spacial score (nSPS) is 20.7. The molecule has 0 bridgehead atoms. The molecule has 454 valence electrons. The van der Waals surface area contributed by atoms with Gasteiger partial charge in [0.2, 0.25) is 11.8 Å². The van der Waals surface area contributed by atoms with Gasteiger partial charge in [0.1, 0.15) is 17.8 Å². The van der Waals surface area contributed by atoms with Crippen molar-refractivity contribution >= 4 is 70.5 Å². The number of carbonyl (C=O) groups excluding carboxylic acids is 2. The summed E-state index contributed by atoms with van der Waals surface area (Å²) in [7, 11) is -8.29. The number of aromatic nitrogens is 6. The van der Waals surface area contributed by atoms with Crippen molar-refractivity contribution in [1.29, 1.82) is 0 Å². The SMILES string of the molecule is C[C@@H]1CN(c2nc(-n3ccc(OCCC4(C(F)(F)F)CC4)n3)ccc2C(=O)NS(=O)(=O)c2ccccc2)C(C)(C)C1.C[C@H]1CC(C)(C)N2c3nc(-n4ccc(OCCC5(C(F)(F)F)CC5)n4)ccc3C(=O)N(S(=O)(=O)c3ccccc3)C12.S.S. The molecule has 3 aliphatic heterocycles. The quantitative estimate of drug-likeness (QED) is 0.0896. The molecule has 28 heteroatoms. The van der Waals surface area contributed by atoms with Crippen LogP contribution < -0.4 is 24.0 Å². The van der Waals surface area contributed by atoms with Crippen LogP contribution in [0.2, 0.25) is 0 Å². The molecule has 4 fully saturated rings. The first-order chi connectivity index (χ1) is 38.5. The number of ether oxygens (including phenoxy) is 2. The summed E-state index contributed by atoms with van der Waals surface area (Å²) < 4.78 is 150. The third-order valence-electron chi connectivity index (χ3n) is 16.2. The van der Waals surface area contributed by atoms with Gasteiger partial charge in [-0.1, -0.05) is 50.2 Å². The second-order valence-electron chi connectivity index (χ2n) is 23.2. The van der Waals surface area contributed by atoms with Gasteiger partial charge in [0, 0.05) is 42.1 Å². The number of nitrogens with one attached hydrogen (secondary N) is 1. The number of benzene rings is 2. The third-order valence-corrected chi connectivity index (χ3v) is 19.3. The standard InChI is InChI=1S/C28H30F3N5O4S.C28H32F3N5O4S.2H2S/c1-18-17-26(2,3)35-23-20(25(37)36(24(18)35)41(38,39)19-7-5-4-6-8-19)9-10-21(32-23)34-15-11-22(33-34)40-16-14-27(12-13-27)28(29,30)31;1-19-17-26(2,3)35(18-19)24-21(25(37)34-41(38,39)20-7-5-4-6-8-20)9-10-22(32-24)36-15-11-23(33-36)40-16-14-27(12-13-27)28(29,30)31;;/h4-11,15,18,24H,12-14,16-17H2,1-3H3;4-11,15,19H,12-14,16-18H2,1-3H3,(H,34,37);2*1H2/t18-,24?;19-;;/m00../s1. The number of fused-ring (bicyclic) bond motifs is 3. The Balaban J connectivity index is 0.000000214. The van der Waals surface area contributed by atoms with Gasteiger partial charge in [0.25, 0.3) is 31.9 Å². The van der Waals surface area contributed by atoms with Crippen LogP contribution in [0.15, 0.2) is 119 Å². The fourth-order valence-corrected chi connectivity index (χ4v) is 14.2. The highest BCUT2D eigenvalue weighted by Crippen LogP contribution is 2.61. The van der Waals surface area contributed by atoms with Crippen LogP contribution in [0.1, 0.15) is 114 Å². The molecule has 4 aromatic heterocycles. The Kier molecular flexibility index (Phi) is 17.4. The highest BCUT2D eigenvalue weighted by Gasteiger charge is 2.63. The Bertz CT molecular complexity index is 3510. The summed E-state index contributed by atoms with van der Waals surface area (Å²) in [4.78, 5) is 40.5. The lowest BCUT2D eigenvalue weighted by Crippen LogP contribution is -2.60. The van der Waals surface area contributed by atoms with Gasteiger partial charge in [-0.05, 0) is 139 Å². The van der Waals surface area contributed by atoms with Gasteiger partial charge in [0.05, 0.1) is 45.0 Å². The molecule has 6 aromatic rings. The van der Waals surface area contributed by atoms with E-state index in [1.807, 2.05) is 44.4 Å². The fourth-order valence-electron chi connectivity index (χ4n) is 11.6. The molecule has 11 rings (SSSR count). The minimum atomic E-state index is -4.24. The molecule has 2 saturated carbocycles. The Labute approximate surface area is 497 Å². The highest BCUT2D eigenvalue weighted by molar-refractivity contribution is 7.90. The van der Waals surface area contributed by atoms with E-state index in [4.69, 9.17) is 19.4 Å². The van der Waals surface area contributed by atoms with Crippen molar-refractivity contribution in [1.82, 2.24) is 38.6 Å². The van der Waals surface area contributed by atoms with E-state index in [0.29, 0.717) is 42.2 Å². The van der Waals surface area contributed by atoms with Gasteiger partial charge in [-0.3, -0.25) is 9.59 Å². The molecule has 7 heterocycles. The van der Waals surface area contributed by atoms with E-state index in [0.717, 1.165) is 10.7 Å². The molecule has 2 saturated heterocycles. The van der Waals surface area contributed by atoms with E-state index in [1.165, 1.54) is 64.0 Å². The van der Waals surface area contributed by atoms with Crippen LogP contribution in [0, 0.1) is 22.7 Å². The number of anilines is 2. The molecule has 3 atom stereocenters. The minimum absolute atomic E-state index is 0. The van der Waals surface area contributed by atoms with Crippen molar-refractivity contribution < 1.29 is 62.2 Å². The summed E-state index contributed by atoms with van der Waals surface area (Å²) in [5, 5.41) is 8.63. The van der Waals surface area contributed by atoms with Crippen molar-refractivity contribution in [2.24, 2.45) is 22.7 Å². The smallest absolute Gasteiger partial charge is 0.394 e. The largest absolute Gasteiger partial charge is 0.477 e. The first kappa shape index (κ1) is 63.5. The van der Waals surface area contributed by atoms with Crippen LogP contribution >= 0.6 is 27.0 Å². The van der Waals surface area contributed by atoms with Crippen molar-refractivity contribution in [3.63, 3.8) is 0 Å². The number of amides is 2. The summed E-state index contributed by atoms with van der Waals surface area (Å²) in [5.41, 5.74) is -3.96. The number of rotatable bonds is 16. The van der Waals surface area contributed by atoms with Crippen molar-refractivity contribution in [3.05, 3.63) is 121 Å². The lowest BCUT2D eigenvalue weighted by Gasteiger charge is -2.45. The predicted molar refractivity (Wildman–Crippen MR) is 309 cm³/mol. The van der Waals surface area contributed by atoms with E-state index in [1.54, 1.807) is 54.9 Å². The number of alkyl halides is 6. The number of hydrogen-bond acceptors (Lipinski definition) is 14. The summed E-state index contributed by atoms with van der Waals surface area (Å²) in [6, 6.07) is 24.7. The van der Waals surface area contributed by atoms with Gasteiger partial charge >= 0.3 is 12.4 Å². The van der Waals surface area contributed by atoms with Gasteiger partial charge < -0.3 is 19.3 Å². The minimum Gasteiger partial charge on any atom is -0.477 e. The summed E-state index contributed by atoms with van der Waals surface area (Å²) in [5.74, 6) is 0.303. The van der Waals surface area contributed by atoms with E-state index < -0.39 is 66.7 Å². The van der Waals surface area contributed by atoms with Gasteiger partial charge in [-0.15, -0.1) is 10.2 Å². The second-order valence-corrected chi connectivity index (χ2v) is 26.7. The summed E-state index contributed by atoms with van der Waals surface area (Å²) in [6.45, 7) is 12.4. The maximum atomic E-state index is 13.8. The zero-order chi connectivity index (χ0) is 59.0. The highest BCUT2D eigenvalue weighted by atomic mass is 32.2. The molecular weight excluding hydrogens is 1180 g/mol. The molecule has 2 aromatic carbocycles. The molecule has 5 aliphatic rings. The first-order valence-corrected chi connectivity index (χ1v) is 29.7. The number of sulfonamides is 2. The lowest BCUT2D eigenvalue weighted by molar-refractivity contribution is -0.190. The van der Waals surface area contributed by atoms with E-state index in [2.05, 4.69) is 21.8 Å². The Hall–Kier alpha value is -6.52. The predicted octanol–water partition coefficient (Wildman–Crippen LogP) is 10.5. The summed E-state index contributed by atoms with van der Waals surface area (Å²) >= 11 is 0. The van der Waals surface area contributed by atoms with Crippen molar-refractivity contribution in [3.8, 4) is 23.4 Å². The molecule has 2 aliphatic carbocycles. The maximum Gasteiger partial charge on any atom is 0.394 e. The van der Waals surface area contributed by atoms with Crippen molar-refractivity contribution in [2.45, 2.75) is 132 Å². The van der Waals surface area contributed by atoms with Crippen LogP contribution in [-0.4, -0.2) is 112 Å². The van der Waals surface area contributed by atoms with E-state index in [-0.39, 0.29) is 123 Å². The van der Waals surface area contributed by atoms with Crippen LogP contribution in [0.25, 0.3) is 11.6 Å². The fraction of sp³-hybridized carbons (Fsp3) is 0.464.